The number of aryl methyl sites for hydroxylation is 1. The molecule has 1 rings (SSSR count). The lowest BCUT2D eigenvalue weighted by atomic mass is 10.00. The van der Waals surface area contributed by atoms with E-state index in [-0.39, 0.29) is 0 Å². The summed E-state index contributed by atoms with van der Waals surface area (Å²) in [5.41, 5.74) is -2.38. The number of hydrogen-bond donors (Lipinski definition) is 3. The van der Waals surface area contributed by atoms with Crippen molar-refractivity contribution in [2.45, 2.75) is 32.3 Å². The molecule has 0 unspecified atom stereocenters. The molecule has 4 nitrogen and oxygen atoms in total. The number of carbonyl (C=O) groups is 1. The van der Waals surface area contributed by atoms with E-state index in [0.29, 0.717) is 12.1 Å². The van der Waals surface area contributed by atoms with Gasteiger partial charge in [0.25, 0.3) is 0 Å². The highest BCUT2D eigenvalue weighted by Gasteiger charge is 2.16. The van der Waals surface area contributed by atoms with Gasteiger partial charge in [-0.1, -0.05) is 19.6 Å². The van der Waals surface area contributed by atoms with Crippen molar-refractivity contribution in [3.05, 3.63) is 23.3 Å². The minimum absolute atomic E-state index is 0.433. The average Bonchev–Trinajstić information content (AvgIpc) is 2.43. The number of carboxylic acid groups (broad SMARTS) is 1. The highest BCUT2D eigenvalue weighted by atomic mass is 16.4. The molecule has 0 amide bonds. The van der Waals surface area contributed by atoms with E-state index in [1.165, 1.54) is 0 Å². The summed E-state index contributed by atoms with van der Waals surface area (Å²) in [6.07, 6.45) is -15.5. The lowest BCUT2D eigenvalue weighted by Gasteiger charge is -2.08. The van der Waals surface area contributed by atoms with E-state index in [9.17, 15) is 15.0 Å². The molecule has 0 spiro atoms. The summed E-state index contributed by atoms with van der Waals surface area (Å²) in [6, 6.07) is 0.969. The number of phenolic OH excluding ortho intramolecular Hbond substituents is 1. The standard InChI is InChI=1S/C12H16O4/c1-2-3-4-5-8-6-9(13)7-10(14)11(8)12(15)16/h6-7,13-14H,2-5H2,1H3,(H,15,16)/i1D3,2D2,3D2,4D2,5D2. The first-order valence-corrected chi connectivity index (χ1v) is 4.03. The molecular weight excluding hydrogens is 208 g/mol. The molecule has 0 saturated heterocycles. The van der Waals surface area contributed by atoms with Gasteiger partial charge in [-0.15, -0.1) is 0 Å². The van der Waals surface area contributed by atoms with E-state index in [4.69, 9.17) is 20.2 Å². The van der Waals surface area contributed by atoms with Crippen LogP contribution in [-0.2, 0) is 6.37 Å². The molecule has 0 fully saturated rings. The van der Waals surface area contributed by atoms with Crippen molar-refractivity contribution >= 4 is 5.97 Å². The van der Waals surface area contributed by atoms with Crippen molar-refractivity contribution in [3.8, 4) is 11.5 Å². The Bertz CT molecular complexity index is 754. The summed E-state index contributed by atoms with van der Waals surface area (Å²) in [4.78, 5) is 11.3. The maximum atomic E-state index is 11.3. The number of hydrogen-bond acceptors (Lipinski definition) is 3. The Hall–Kier alpha value is -1.71. The van der Waals surface area contributed by atoms with Gasteiger partial charge < -0.3 is 15.3 Å². The Morgan fingerprint density at radius 1 is 1.44 bits per heavy atom. The molecule has 3 N–H and O–H groups in total. The third-order valence-corrected chi connectivity index (χ3v) is 1.64. The van der Waals surface area contributed by atoms with Crippen molar-refractivity contribution in [1.29, 1.82) is 0 Å². The predicted octanol–water partition coefficient (Wildman–Crippen LogP) is 2.53. The lowest BCUT2D eigenvalue weighted by Crippen LogP contribution is -2.03. The first-order valence-electron chi connectivity index (χ1n) is 9.53. The second kappa shape index (κ2) is 5.39. The minimum atomic E-state index is -3.99. The smallest absolute Gasteiger partial charge is 0.339 e. The summed E-state index contributed by atoms with van der Waals surface area (Å²) < 4.78 is 83.4. The van der Waals surface area contributed by atoms with E-state index in [2.05, 4.69) is 0 Å². The molecule has 0 heterocycles. The second-order valence-electron chi connectivity index (χ2n) is 2.69. The summed E-state index contributed by atoms with van der Waals surface area (Å²) in [7, 11) is 0. The SMILES string of the molecule is [2H]C([2H])([2H])C([2H])([2H])C([2H])([2H])C([2H])([2H])C([2H])([2H])c1cc(O)cc(O)c1C(=O)O. The Labute approximate surface area is 110 Å². The van der Waals surface area contributed by atoms with Gasteiger partial charge in [0.2, 0.25) is 0 Å². The van der Waals surface area contributed by atoms with Crippen LogP contribution in [0.5, 0.6) is 11.5 Å². The molecule has 1 aromatic carbocycles. The van der Waals surface area contributed by atoms with E-state index in [0.717, 1.165) is 0 Å². The quantitative estimate of drug-likeness (QED) is 0.733. The Morgan fingerprint density at radius 2 is 2.19 bits per heavy atom. The van der Waals surface area contributed by atoms with Gasteiger partial charge >= 0.3 is 5.97 Å². The van der Waals surface area contributed by atoms with Crippen molar-refractivity contribution in [3.63, 3.8) is 0 Å². The molecule has 4 heteroatoms. The molecule has 88 valence electrons. The molecule has 0 atom stereocenters. The molecule has 0 aliphatic rings. The number of aromatic hydroxyl groups is 2. The van der Waals surface area contributed by atoms with Crippen LogP contribution in [0, 0.1) is 0 Å². The van der Waals surface area contributed by atoms with Crippen LogP contribution < -0.4 is 0 Å². The summed E-state index contributed by atoms with van der Waals surface area (Å²) >= 11 is 0. The summed E-state index contributed by atoms with van der Waals surface area (Å²) in [6.45, 7) is -3.68. The van der Waals surface area contributed by atoms with Crippen LogP contribution in [0.2, 0.25) is 0 Å². The van der Waals surface area contributed by atoms with E-state index in [1.54, 1.807) is 0 Å². The number of carboxylic acids is 1. The molecule has 0 aliphatic heterocycles. The zero-order chi connectivity index (χ0) is 21.8. The highest BCUT2D eigenvalue weighted by molar-refractivity contribution is 5.92. The van der Waals surface area contributed by atoms with Crippen LogP contribution >= 0.6 is 0 Å². The molecule has 0 bridgehead atoms. The molecule has 1 aromatic rings. The van der Waals surface area contributed by atoms with Gasteiger partial charge in [-0.3, -0.25) is 0 Å². The highest BCUT2D eigenvalue weighted by Crippen LogP contribution is 2.28. The topological polar surface area (TPSA) is 77.8 Å². The lowest BCUT2D eigenvalue weighted by molar-refractivity contribution is 0.0692. The molecule has 0 aromatic heterocycles. The number of aromatic carboxylic acids is 1. The van der Waals surface area contributed by atoms with Gasteiger partial charge in [-0.25, -0.2) is 4.79 Å². The largest absolute Gasteiger partial charge is 0.508 e. The fourth-order valence-electron chi connectivity index (χ4n) is 1.07. The fourth-order valence-corrected chi connectivity index (χ4v) is 1.07. The van der Waals surface area contributed by atoms with Crippen LogP contribution in [0.1, 0.15) is 57.0 Å². The van der Waals surface area contributed by atoms with E-state index < -0.39 is 60.9 Å². The molecule has 16 heavy (non-hydrogen) atoms. The van der Waals surface area contributed by atoms with Crippen LogP contribution in [0.25, 0.3) is 0 Å². The van der Waals surface area contributed by atoms with E-state index >= 15 is 0 Å². The summed E-state index contributed by atoms with van der Waals surface area (Å²) in [5, 5.41) is 28.4. The van der Waals surface area contributed by atoms with Crippen LogP contribution in [0.15, 0.2) is 12.1 Å². The number of benzene rings is 1. The Balaban J connectivity index is 3.80. The van der Waals surface area contributed by atoms with E-state index in [1.807, 2.05) is 0 Å². The first-order chi connectivity index (χ1) is 11.7. The maximum absolute atomic E-state index is 11.3. The monoisotopic (exact) mass is 235 g/mol. The third kappa shape index (κ3) is 2.89. The van der Waals surface area contributed by atoms with Crippen molar-refractivity contribution in [2.75, 3.05) is 0 Å². The average molecular weight is 235 g/mol. The number of phenols is 2. The van der Waals surface area contributed by atoms with Crippen molar-refractivity contribution in [1.82, 2.24) is 0 Å². The molecule has 0 radical (unpaired) electrons. The first kappa shape index (κ1) is 3.95. The predicted molar refractivity (Wildman–Crippen MR) is 60.0 cm³/mol. The molecular formula is C12H16O4. The maximum Gasteiger partial charge on any atom is 0.339 e. The summed E-state index contributed by atoms with van der Waals surface area (Å²) in [5.74, 6) is -3.94. The van der Waals surface area contributed by atoms with Gasteiger partial charge in [0, 0.05) is 21.1 Å². The van der Waals surface area contributed by atoms with Crippen molar-refractivity contribution in [2.24, 2.45) is 0 Å². The molecule has 0 saturated carbocycles. The van der Waals surface area contributed by atoms with Crippen LogP contribution in [0.3, 0.4) is 0 Å². The Kier molecular flexibility index (Phi) is 1.33. The fraction of sp³-hybridized carbons (Fsp3) is 0.417. The minimum Gasteiger partial charge on any atom is -0.508 e. The van der Waals surface area contributed by atoms with Gasteiger partial charge in [-0.05, 0) is 24.4 Å². The molecule has 0 aliphatic carbocycles. The van der Waals surface area contributed by atoms with Gasteiger partial charge in [0.05, 0.1) is 0 Å². The Morgan fingerprint density at radius 3 is 2.81 bits per heavy atom. The van der Waals surface area contributed by atoms with Gasteiger partial charge in [0.15, 0.2) is 0 Å². The van der Waals surface area contributed by atoms with Crippen LogP contribution in [-0.4, -0.2) is 21.3 Å². The zero-order valence-corrected chi connectivity index (χ0v) is 7.90. The third-order valence-electron chi connectivity index (χ3n) is 1.64. The number of rotatable bonds is 5. The second-order valence-corrected chi connectivity index (χ2v) is 2.69. The van der Waals surface area contributed by atoms with Gasteiger partial charge in [0.1, 0.15) is 17.1 Å². The van der Waals surface area contributed by atoms with Gasteiger partial charge in [-0.2, -0.15) is 0 Å². The normalized spacial score (nSPS) is 24.9. The van der Waals surface area contributed by atoms with Crippen molar-refractivity contribution < 1.29 is 35.2 Å². The van der Waals surface area contributed by atoms with Crippen LogP contribution in [0.4, 0.5) is 0 Å². The zero-order valence-electron chi connectivity index (χ0n) is 18.9.